The van der Waals surface area contributed by atoms with Gasteiger partial charge in [0.05, 0.1) is 0 Å². The molecule has 1 spiro atoms. The maximum Gasteiger partial charge on any atom is 0.248 e. The number of rotatable bonds is 0. The van der Waals surface area contributed by atoms with Crippen LogP contribution in [-0.2, 0) is 12.0 Å². The van der Waals surface area contributed by atoms with Crippen molar-refractivity contribution in [2.45, 2.75) is 51.5 Å². The number of aromatic amines is 1. The Bertz CT molecular complexity index is 579. The van der Waals surface area contributed by atoms with Gasteiger partial charge in [0.2, 0.25) is 5.56 Å². The minimum Gasteiger partial charge on any atom is -0.326 e. The second kappa shape index (κ2) is 5.21. The zero-order valence-corrected chi connectivity index (χ0v) is 12.5. The minimum atomic E-state index is 0.0168. The van der Waals surface area contributed by atoms with Crippen molar-refractivity contribution in [3.63, 3.8) is 0 Å². The average molecular weight is 272 g/mol. The van der Waals surface area contributed by atoms with Crippen molar-refractivity contribution in [2.24, 2.45) is 5.92 Å². The van der Waals surface area contributed by atoms with E-state index in [4.69, 9.17) is 0 Å². The third kappa shape index (κ3) is 2.47. The molecule has 0 saturated carbocycles. The Labute approximate surface area is 120 Å². The normalized spacial score (nSPS) is 30.3. The molecular weight excluding hydrogens is 248 g/mol. The van der Waals surface area contributed by atoms with Crippen LogP contribution in [0.1, 0.15) is 50.8 Å². The molecule has 20 heavy (non-hydrogen) atoms. The molecule has 1 aromatic heterocycles. The van der Waals surface area contributed by atoms with E-state index in [0.717, 1.165) is 31.5 Å². The summed E-state index contributed by atoms with van der Waals surface area (Å²) < 4.78 is 0. The number of pyridine rings is 1. The van der Waals surface area contributed by atoms with Crippen LogP contribution in [0.2, 0.25) is 0 Å². The SMILES string of the molecule is CC1=CC(C)Cc2[nH]c(=O)ccc2[C@]2(CCCCN2)C1. The lowest BCUT2D eigenvalue weighted by atomic mass is 9.74. The first-order valence-corrected chi connectivity index (χ1v) is 7.74. The Morgan fingerprint density at radius 1 is 1.30 bits per heavy atom. The molecule has 1 fully saturated rings. The molecule has 3 rings (SSSR count). The first-order valence-electron chi connectivity index (χ1n) is 7.74. The van der Waals surface area contributed by atoms with E-state index >= 15 is 0 Å². The number of H-pyrrole nitrogens is 1. The number of hydrogen-bond acceptors (Lipinski definition) is 2. The van der Waals surface area contributed by atoms with E-state index in [0.29, 0.717) is 5.92 Å². The molecule has 3 nitrogen and oxygen atoms in total. The van der Waals surface area contributed by atoms with Gasteiger partial charge in [0.15, 0.2) is 0 Å². The van der Waals surface area contributed by atoms with E-state index in [1.54, 1.807) is 6.07 Å². The van der Waals surface area contributed by atoms with Gasteiger partial charge in [-0.2, -0.15) is 0 Å². The van der Waals surface area contributed by atoms with Crippen LogP contribution in [-0.4, -0.2) is 11.5 Å². The Morgan fingerprint density at radius 3 is 2.90 bits per heavy atom. The van der Waals surface area contributed by atoms with E-state index in [2.05, 4.69) is 36.3 Å². The van der Waals surface area contributed by atoms with Crippen molar-refractivity contribution >= 4 is 0 Å². The highest BCUT2D eigenvalue weighted by atomic mass is 16.1. The summed E-state index contributed by atoms with van der Waals surface area (Å²) in [5.41, 5.74) is 3.95. The highest BCUT2D eigenvalue weighted by molar-refractivity contribution is 5.33. The zero-order chi connectivity index (χ0) is 14.2. The Morgan fingerprint density at radius 2 is 2.15 bits per heavy atom. The topological polar surface area (TPSA) is 44.9 Å². The fourth-order valence-electron chi connectivity index (χ4n) is 3.97. The van der Waals surface area contributed by atoms with Crippen LogP contribution in [0, 0.1) is 5.92 Å². The molecule has 1 aliphatic carbocycles. The summed E-state index contributed by atoms with van der Waals surface area (Å²) in [6.45, 7) is 5.54. The second-order valence-electron chi connectivity index (χ2n) is 6.55. The third-order valence-electron chi connectivity index (χ3n) is 4.69. The smallest absolute Gasteiger partial charge is 0.248 e. The lowest BCUT2D eigenvalue weighted by molar-refractivity contribution is 0.249. The first-order chi connectivity index (χ1) is 9.59. The molecule has 2 atom stereocenters. The van der Waals surface area contributed by atoms with Gasteiger partial charge in [-0.25, -0.2) is 0 Å². The van der Waals surface area contributed by atoms with E-state index in [-0.39, 0.29) is 11.1 Å². The van der Waals surface area contributed by atoms with E-state index in [1.165, 1.54) is 24.0 Å². The number of fused-ring (bicyclic) bond motifs is 2. The van der Waals surface area contributed by atoms with Gasteiger partial charge < -0.3 is 10.3 Å². The van der Waals surface area contributed by atoms with E-state index in [1.807, 2.05) is 0 Å². The van der Waals surface area contributed by atoms with E-state index < -0.39 is 0 Å². The molecule has 108 valence electrons. The van der Waals surface area contributed by atoms with Crippen LogP contribution in [0.15, 0.2) is 28.6 Å². The molecule has 3 heteroatoms. The third-order valence-corrected chi connectivity index (χ3v) is 4.69. The highest BCUT2D eigenvalue weighted by Gasteiger charge is 2.36. The van der Waals surface area contributed by atoms with Crippen LogP contribution < -0.4 is 10.9 Å². The van der Waals surface area contributed by atoms with Gasteiger partial charge >= 0.3 is 0 Å². The summed E-state index contributed by atoms with van der Waals surface area (Å²) in [7, 11) is 0. The van der Waals surface area contributed by atoms with Crippen molar-refractivity contribution in [2.75, 3.05) is 6.54 Å². The Hall–Kier alpha value is -1.35. The summed E-state index contributed by atoms with van der Waals surface area (Å²) in [6.07, 6.45) is 8.01. The van der Waals surface area contributed by atoms with Gasteiger partial charge in [-0.05, 0) is 63.1 Å². The number of nitrogens with one attached hydrogen (secondary N) is 2. The molecule has 1 aromatic rings. The quantitative estimate of drug-likeness (QED) is 0.713. The molecule has 0 aromatic carbocycles. The standard InChI is InChI=1S/C17H24N2O/c1-12-9-13(2)11-17(7-3-4-8-18-17)14-5-6-16(20)19-15(14)10-12/h5-6,9,12,18H,3-4,7-8,10-11H2,1-2H3,(H,19,20)/t12?,17-/m0/s1. The lowest BCUT2D eigenvalue weighted by Crippen LogP contribution is -2.47. The summed E-state index contributed by atoms with van der Waals surface area (Å²) in [4.78, 5) is 14.8. The van der Waals surface area contributed by atoms with Crippen molar-refractivity contribution in [3.05, 3.63) is 45.4 Å². The molecule has 2 N–H and O–H groups in total. The maximum atomic E-state index is 11.7. The molecule has 1 aliphatic heterocycles. The fourth-order valence-corrected chi connectivity index (χ4v) is 3.97. The lowest BCUT2D eigenvalue weighted by Gasteiger charge is -2.41. The van der Waals surface area contributed by atoms with Gasteiger partial charge in [0.25, 0.3) is 0 Å². The Balaban J connectivity index is 2.13. The fraction of sp³-hybridized carbons (Fsp3) is 0.588. The zero-order valence-electron chi connectivity index (χ0n) is 12.5. The molecule has 1 unspecified atom stereocenters. The van der Waals surface area contributed by atoms with Gasteiger partial charge in [0.1, 0.15) is 0 Å². The number of aromatic nitrogens is 1. The van der Waals surface area contributed by atoms with Crippen LogP contribution in [0.4, 0.5) is 0 Å². The number of hydrogen-bond donors (Lipinski definition) is 2. The molecule has 2 aliphatic rings. The summed E-state index contributed by atoms with van der Waals surface area (Å²) in [6, 6.07) is 3.74. The molecule has 0 bridgehead atoms. The molecule has 0 amide bonds. The van der Waals surface area contributed by atoms with Crippen molar-refractivity contribution < 1.29 is 0 Å². The first kappa shape index (κ1) is 13.6. The molecule has 1 saturated heterocycles. The van der Waals surface area contributed by atoms with Gasteiger partial charge in [-0.3, -0.25) is 4.79 Å². The minimum absolute atomic E-state index is 0.0168. The highest BCUT2D eigenvalue weighted by Crippen LogP contribution is 2.39. The summed E-state index contributed by atoms with van der Waals surface area (Å²) in [5, 5.41) is 3.76. The van der Waals surface area contributed by atoms with Gasteiger partial charge in [-0.1, -0.05) is 18.6 Å². The molecule has 2 heterocycles. The van der Waals surface area contributed by atoms with Crippen molar-refractivity contribution in [3.8, 4) is 0 Å². The van der Waals surface area contributed by atoms with Crippen molar-refractivity contribution in [1.29, 1.82) is 0 Å². The summed E-state index contributed by atoms with van der Waals surface area (Å²) >= 11 is 0. The van der Waals surface area contributed by atoms with Gasteiger partial charge in [0, 0.05) is 17.3 Å². The number of piperidine rings is 1. The van der Waals surface area contributed by atoms with Crippen LogP contribution >= 0.6 is 0 Å². The maximum absolute atomic E-state index is 11.7. The second-order valence-corrected chi connectivity index (χ2v) is 6.55. The monoisotopic (exact) mass is 272 g/mol. The van der Waals surface area contributed by atoms with Crippen LogP contribution in [0.3, 0.4) is 0 Å². The van der Waals surface area contributed by atoms with Gasteiger partial charge in [-0.15, -0.1) is 0 Å². The van der Waals surface area contributed by atoms with Crippen LogP contribution in [0.25, 0.3) is 0 Å². The molecule has 0 radical (unpaired) electrons. The molecular formula is C17H24N2O. The Kier molecular flexibility index (Phi) is 3.55. The largest absolute Gasteiger partial charge is 0.326 e. The van der Waals surface area contributed by atoms with Crippen molar-refractivity contribution in [1.82, 2.24) is 10.3 Å². The number of allylic oxidation sites excluding steroid dienone is 1. The average Bonchev–Trinajstić information content (AvgIpc) is 2.38. The predicted molar refractivity (Wildman–Crippen MR) is 81.8 cm³/mol. The predicted octanol–water partition coefficient (Wildman–Crippen LogP) is 2.87. The van der Waals surface area contributed by atoms with Crippen LogP contribution in [0.5, 0.6) is 0 Å². The summed E-state index contributed by atoms with van der Waals surface area (Å²) in [5.74, 6) is 0.479. The van der Waals surface area contributed by atoms with E-state index in [9.17, 15) is 4.79 Å².